The van der Waals surface area contributed by atoms with Gasteiger partial charge in [0.2, 0.25) is 0 Å². The van der Waals surface area contributed by atoms with Crippen LogP contribution in [0.3, 0.4) is 0 Å². The molecule has 0 bridgehead atoms. The van der Waals surface area contributed by atoms with E-state index >= 15 is 0 Å². The summed E-state index contributed by atoms with van der Waals surface area (Å²) in [4.78, 5) is 11.4. The van der Waals surface area contributed by atoms with Crippen LogP contribution in [0.2, 0.25) is 0 Å². The van der Waals surface area contributed by atoms with E-state index in [1.807, 2.05) is 0 Å². The second-order valence-electron chi connectivity index (χ2n) is 4.69. The number of benzene rings is 2. The van der Waals surface area contributed by atoms with Gasteiger partial charge >= 0.3 is 0 Å². The summed E-state index contributed by atoms with van der Waals surface area (Å²) in [6.07, 6.45) is 0.505. The average Bonchev–Trinajstić information content (AvgIpc) is 2.84. The van der Waals surface area contributed by atoms with Crippen LogP contribution < -0.4 is 0 Å². The second-order valence-corrected chi connectivity index (χ2v) is 5.44. The zero-order valence-electron chi connectivity index (χ0n) is 11.4. The highest BCUT2D eigenvalue weighted by molar-refractivity contribution is 9.10. The van der Waals surface area contributed by atoms with E-state index in [4.69, 9.17) is 0 Å². The first-order chi connectivity index (χ1) is 11.0. The molecular formula is C16H8BrF3N2O. The van der Waals surface area contributed by atoms with Crippen LogP contribution in [-0.4, -0.2) is 16.1 Å². The molecule has 0 saturated carbocycles. The molecule has 23 heavy (non-hydrogen) atoms. The number of rotatable bonds is 3. The molecule has 0 fully saturated rings. The number of halogens is 4. The van der Waals surface area contributed by atoms with Crippen LogP contribution in [0.15, 0.2) is 47.1 Å². The smallest absolute Gasteiger partial charge is 0.155 e. The number of aldehydes is 1. The van der Waals surface area contributed by atoms with Gasteiger partial charge in [-0.05, 0) is 46.3 Å². The summed E-state index contributed by atoms with van der Waals surface area (Å²) >= 11 is 3.21. The maximum atomic E-state index is 14.0. The number of aromatic nitrogens is 2. The van der Waals surface area contributed by atoms with Crippen molar-refractivity contribution in [3.63, 3.8) is 0 Å². The van der Waals surface area contributed by atoms with Crippen molar-refractivity contribution in [3.8, 4) is 16.9 Å². The lowest BCUT2D eigenvalue weighted by Gasteiger charge is -2.03. The van der Waals surface area contributed by atoms with Crippen LogP contribution >= 0.6 is 15.9 Å². The molecule has 1 heterocycles. The van der Waals surface area contributed by atoms with Gasteiger partial charge in [-0.3, -0.25) is 4.79 Å². The van der Waals surface area contributed by atoms with Crippen LogP contribution in [0.25, 0.3) is 16.9 Å². The number of hydrogen-bond acceptors (Lipinski definition) is 2. The number of hydrogen-bond donors (Lipinski definition) is 0. The molecule has 116 valence electrons. The number of nitrogens with zero attached hydrogens (tertiary/aromatic N) is 2. The van der Waals surface area contributed by atoms with E-state index < -0.39 is 17.5 Å². The van der Waals surface area contributed by atoms with Crippen molar-refractivity contribution in [1.29, 1.82) is 0 Å². The molecule has 0 aliphatic heterocycles. The Morgan fingerprint density at radius 2 is 1.78 bits per heavy atom. The van der Waals surface area contributed by atoms with Crippen LogP contribution in [0.5, 0.6) is 0 Å². The molecule has 0 radical (unpaired) electrons. The first kappa shape index (κ1) is 15.5. The molecule has 1 aromatic heterocycles. The van der Waals surface area contributed by atoms with Crippen LogP contribution in [0.1, 0.15) is 10.4 Å². The van der Waals surface area contributed by atoms with E-state index in [0.717, 1.165) is 6.07 Å². The van der Waals surface area contributed by atoms with Crippen molar-refractivity contribution >= 4 is 22.2 Å². The fourth-order valence-corrected chi connectivity index (χ4v) is 2.74. The van der Waals surface area contributed by atoms with Crippen molar-refractivity contribution in [2.75, 3.05) is 0 Å². The predicted molar refractivity (Wildman–Crippen MR) is 82.0 cm³/mol. The minimum Gasteiger partial charge on any atom is -0.298 e. The Kier molecular flexibility index (Phi) is 4.04. The van der Waals surface area contributed by atoms with Crippen LogP contribution in [0.4, 0.5) is 13.2 Å². The zero-order valence-corrected chi connectivity index (χ0v) is 13.0. The molecule has 0 saturated heterocycles. The monoisotopic (exact) mass is 380 g/mol. The average molecular weight is 381 g/mol. The van der Waals surface area contributed by atoms with Crippen molar-refractivity contribution in [2.45, 2.75) is 0 Å². The van der Waals surface area contributed by atoms with E-state index in [-0.39, 0.29) is 21.4 Å². The third-order valence-electron chi connectivity index (χ3n) is 3.22. The highest BCUT2D eigenvalue weighted by Crippen LogP contribution is 2.31. The van der Waals surface area contributed by atoms with Gasteiger partial charge in [0, 0.05) is 11.6 Å². The largest absolute Gasteiger partial charge is 0.298 e. The highest BCUT2D eigenvalue weighted by atomic mass is 79.9. The van der Waals surface area contributed by atoms with Crippen molar-refractivity contribution in [3.05, 3.63) is 70.1 Å². The van der Waals surface area contributed by atoms with Crippen LogP contribution in [-0.2, 0) is 0 Å². The van der Waals surface area contributed by atoms with Gasteiger partial charge in [0.15, 0.2) is 6.29 Å². The van der Waals surface area contributed by atoms with Gasteiger partial charge in [0.25, 0.3) is 0 Å². The fourth-order valence-electron chi connectivity index (χ4n) is 2.17. The second kappa shape index (κ2) is 6.00. The van der Waals surface area contributed by atoms with Crippen LogP contribution in [0, 0.1) is 17.5 Å². The van der Waals surface area contributed by atoms with Gasteiger partial charge in [-0.25, -0.2) is 17.9 Å². The van der Waals surface area contributed by atoms with E-state index in [9.17, 15) is 18.0 Å². The Hall–Kier alpha value is -2.41. The normalized spacial score (nSPS) is 10.8. The Balaban J connectivity index is 2.23. The lowest BCUT2D eigenvalue weighted by molar-refractivity contribution is 0.112. The van der Waals surface area contributed by atoms with Gasteiger partial charge in [0.1, 0.15) is 27.7 Å². The molecule has 3 nitrogen and oxygen atoms in total. The molecular weight excluding hydrogens is 373 g/mol. The van der Waals surface area contributed by atoms with E-state index in [0.29, 0.717) is 18.0 Å². The number of carbonyl (C=O) groups is 1. The van der Waals surface area contributed by atoms with Gasteiger partial charge < -0.3 is 0 Å². The number of carbonyl (C=O) groups excluding carboxylic acids is 1. The van der Waals surface area contributed by atoms with E-state index in [1.165, 1.54) is 28.9 Å². The SMILES string of the molecule is O=Cc1c(-c2ccc(F)cc2F)nn(-c2cccc(F)c2)c1Br. The first-order valence-corrected chi connectivity index (χ1v) is 7.25. The summed E-state index contributed by atoms with van der Waals surface area (Å²) in [5.74, 6) is -2.06. The molecule has 0 unspecified atom stereocenters. The molecule has 0 spiro atoms. The predicted octanol–water partition coefficient (Wildman–Crippen LogP) is 4.53. The Morgan fingerprint density at radius 1 is 1.04 bits per heavy atom. The Labute approximate surface area is 137 Å². The molecule has 3 aromatic rings. The molecule has 0 amide bonds. The Morgan fingerprint density at radius 3 is 2.43 bits per heavy atom. The zero-order chi connectivity index (χ0) is 16.6. The summed E-state index contributed by atoms with van der Waals surface area (Å²) in [6.45, 7) is 0. The molecule has 3 rings (SSSR count). The van der Waals surface area contributed by atoms with Gasteiger partial charge in [-0.2, -0.15) is 5.10 Å². The lowest BCUT2D eigenvalue weighted by atomic mass is 10.1. The van der Waals surface area contributed by atoms with Gasteiger partial charge in [-0.1, -0.05) is 6.07 Å². The topological polar surface area (TPSA) is 34.9 Å². The molecule has 2 aromatic carbocycles. The van der Waals surface area contributed by atoms with Crippen molar-refractivity contribution < 1.29 is 18.0 Å². The molecule has 0 aliphatic rings. The Bertz CT molecular complexity index is 908. The molecule has 0 aliphatic carbocycles. The third kappa shape index (κ3) is 2.79. The maximum Gasteiger partial charge on any atom is 0.155 e. The van der Waals surface area contributed by atoms with E-state index in [2.05, 4.69) is 21.0 Å². The molecule has 0 atom stereocenters. The van der Waals surface area contributed by atoms with Crippen molar-refractivity contribution in [1.82, 2.24) is 9.78 Å². The summed E-state index contributed by atoms with van der Waals surface area (Å²) in [7, 11) is 0. The fraction of sp³-hybridized carbons (Fsp3) is 0. The first-order valence-electron chi connectivity index (χ1n) is 6.46. The van der Waals surface area contributed by atoms with Gasteiger partial charge in [-0.15, -0.1) is 0 Å². The van der Waals surface area contributed by atoms with Crippen molar-refractivity contribution in [2.24, 2.45) is 0 Å². The third-order valence-corrected chi connectivity index (χ3v) is 3.98. The lowest BCUT2D eigenvalue weighted by Crippen LogP contribution is -1.97. The quantitative estimate of drug-likeness (QED) is 0.625. The summed E-state index contributed by atoms with van der Waals surface area (Å²) in [5.41, 5.74) is 0.450. The summed E-state index contributed by atoms with van der Waals surface area (Å²) in [5, 5.41) is 4.16. The summed E-state index contributed by atoms with van der Waals surface area (Å²) < 4.78 is 41.9. The summed E-state index contributed by atoms with van der Waals surface area (Å²) in [6, 6.07) is 8.53. The highest BCUT2D eigenvalue weighted by Gasteiger charge is 2.20. The van der Waals surface area contributed by atoms with E-state index in [1.54, 1.807) is 6.07 Å². The standard InChI is InChI=1S/C16H8BrF3N2O/c17-16-13(8-23)15(12-5-4-10(19)7-14(12)20)21-22(16)11-3-1-2-9(18)6-11/h1-8H. The molecule has 7 heteroatoms. The van der Waals surface area contributed by atoms with Gasteiger partial charge in [0.05, 0.1) is 11.3 Å². The maximum absolute atomic E-state index is 14.0. The molecule has 0 N–H and O–H groups in total. The minimum atomic E-state index is -0.843. The minimum absolute atomic E-state index is 0.0237.